The van der Waals surface area contributed by atoms with Crippen molar-refractivity contribution in [2.45, 2.75) is 20.5 Å². The molecule has 4 aromatic rings. The molecule has 1 heterocycles. The van der Waals surface area contributed by atoms with Gasteiger partial charge in [0.25, 0.3) is 0 Å². The number of H-pyrrole nitrogens is 1. The van der Waals surface area contributed by atoms with Gasteiger partial charge in [0.15, 0.2) is 11.5 Å². The number of ether oxygens (including phenoxy) is 2. The number of rotatable bonds is 7. The third-order valence-corrected chi connectivity index (χ3v) is 5.95. The maximum absolute atomic E-state index is 9.78. The van der Waals surface area contributed by atoms with Gasteiger partial charge >= 0.3 is 0 Å². The number of aromatic amines is 1. The molecule has 0 amide bonds. The summed E-state index contributed by atoms with van der Waals surface area (Å²) in [7, 11) is 0. The van der Waals surface area contributed by atoms with Crippen LogP contribution in [0.2, 0.25) is 5.02 Å². The molecule has 33 heavy (non-hydrogen) atoms. The summed E-state index contributed by atoms with van der Waals surface area (Å²) in [6, 6.07) is 19.8. The third-order valence-electron chi connectivity index (χ3n) is 4.95. The number of fused-ring (bicyclic) bond motifs is 1. The van der Waals surface area contributed by atoms with Gasteiger partial charge in [0.1, 0.15) is 18.5 Å². The molecule has 0 radical (unpaired) electrons. The number of nitrogens with zero attached hydrogens (tertiary/aromatic N) is 2. The molecule has 1 aromatic heterocycles. The average Bonchev–Trinajstić information content (AvgIpc) is 3.21. The highest BCUT2D eigenvalue weighted by molar-refractivity contribution is 14.1. The number of hydrogen-bond acceptors (Lipinski definition) is 4. The second-order valence-corrected chi connectivity index (χ2v) is 9.11. The Kier molecular flexibility index (Phi) is 7.21. The van der Waals surface area contributed by atoms with Crippen molar-refractivity contribution in [2.75, 3.05) is 6.61 Å². The Morgan fingerprint density at radius 1 is 1.15 bits per heavy atom. The fraction of sp³-hybridized carbons (Fsp3) is 0.154. The number of aromatic nitrogens is 2. The number of nitrogens with one attached hydrogen (secondary N) is 1. The van der Waals surface area contributed by atoms with Crippen LogP contribution in [-0.2, 0) is 6.61 Å². The molecule has 7 heteroatoms. The number of imidazole rings is 1. The van der Waals surface area contributed by atoms with Crippen LogP contribution < -0.4 is 9.47 Å². The minimum Gasteiger partial charge on any atom is -0.490 e. The summed E-state index contributed by atoms with van der Waals surface area (Å²) in [5.74, 6) is 1.51. The molecule has 1 N–H and O–H groups in total. The van der Waals surface area contributed by atoms with E-state index >= 15 is 0 Å². The summed E-state index contributed by atoms with van der Waals surface area (Å²) < 4.78 is 13.0. The van der Waals surface area contributed by atoms with Crippen molar-refractivity contribution < 1.29 is 9.47 Å². The molecular weight excluding hydrogens is 549 g/mol. The van der Waals surface area contributed by atoms with E-state index in [0.29, 0.717) is 41.1 Å². The fourth-order valence-corrected chi connectivity index (χ4v) is 4.01. The molecule has 0 saturated carbocycles. The van der Waals surface area contributed by atoms with Crippen LogP contribution in [0.4, 0.5) is 0 Å². The zero-order valence-electron chi connectivity index (χ0n) is 18.2. The maximum atomic E-state index is 9.78. The van der Waals surface area contributed by atoms with Crippen molar-refractivity contribution in [3.05, 3.63) is 85.7 Å². The van der Waals surface area contributed by atoms with E-state index in [-0.39, 0.29) is 0 Å². The fourth-order valence-electron chi connectivity index (χ4n) is 3.38. The van der Waals surface area contributed by atoms with Gasteiger partial charge < -0.3 is 14.5 Å². The molecule has 166 valence electrons. The third kappa shape index (κ3) is 5.49. The van der Waals surface area contributed by atoms with Gasteiger partial charge in [-0.05, 0) is 95.6 Å². The van der Waals surface area contributed by atoms with Gasteiger partial charge in [0, 0.05) is 3.57 Å². The molecule has 0 unspecified atom stereocenters. The molecule has 0 aliphatic carbocycles. The average molecular weight is 570 g/mol. The summed E-state index contributed by atoms with van der Waals surface area (Å²) in [5.41, 5.74) is 4.97. The Bertz CT molecular complexity index is 1370. The Labute approximate surface area is 211 Å². The lowest BCUT2D eigenvalue weighted by molar-refractivity contribution is 0.269. The number of nitriles is 1. The predicted molar refractivity (Wildman–Crippen MR) is 140 cm³/mol. The first-order valence-electron chi connectivity index (χ1n) is 10.4. The highest BCUT2D eigenvalue weighted by Gasteiger charge is 2.14. The number of benzene rings is 3. The molecule has 4 rings (SSSR count). The molecule has 0 aliphatic rings. The Morgan fingerprint density at radius 2 is 1.94 bits per heavy atom. The number of hydrogen-bond donors (Lipinski definition) is 1. The summed E-state index contributed by atoms with van der Waals surface area (Å²) in [5, 5.41) is 10.2. The van der Waals surface area contributed by atoms with Gasteiger partial charge in [-0.1, -0.05) is 29.8 Å². The molecule has 0 bridgehead atoms. The second-order valence-electron chi connectivity index (χ2n) is 7.45. The van der Waals surface area contributed by atoms with E-state index in [1.54, 1.807) is 12.1 Å². The van der Waals surface area contributed by atoms with E-state index in [1.165, 1.54) is 0 Å². The van der Waals surface area contributed by atoms with Crippen LogP contribution >= 0.6 is 34.2 Å². The molecule has 0 spiro atoms. The minimum atomic E-state index is 0.369. The first kappa shape index (κ1) is 23.1. The van der Waals surface area contributed by atoms with Crippen molar-refractivity contribution in [3.63, 3.8) is 0 Å². The predicted octanol–water partition coefficient (Wildman–Crippen LogP) is 7.17. The minimum absolute atomic E-state index is 0.369. The van der Waals surface area contributed by atoms with Gasteiger partial charge in [-0.2, -0.15) is 5.26 Å². The Balaban J connectivity index is 1.65. The van der Waals surface area contributed by atoms with Crippen LogP contribution in [-0.4, -0.2) is 16.6 Å². The van der Waals surface area contributed by atoms with Crippen molar-refractivity contribution in [1.29, 1.82) is 5.26 Å². The first-order chi connectivity index (χ1) is 16.0. The van der Waals surface area contributed by atoms with Crippen molar-refractivity contribution in [2.24, 2.45) is 0 Å². The van der Waals surface area contributed by atoms with Gasteiger partial charge in [0.2, 0.25) is 0 Å². The number of halogens is 2. The summed E-state index contributed by atoms with van der Waals surface area (Å²) in [4.78, 5) is 7.78. The smallest absolute Gasteiger partial charge is 0.180 e. The SMILES string of the molecule is CCOc1cc(/C=C(/C#N)c2nc3ccc(C)cc3[nH]2)cc(Cl)c1OCc1ccc(I)cc1. The van der Waals surface area contributed by atoms with Crippen molar-refractivity contribution >= 4 is 56.9 Å². The van der Waals surface area contributed by atoms with E-state index in [2.05, 4.69) is 38.6 Å². The molecule has 0 aliphatic heterocycles. The van der Waals surface area contributed by atoms with Crippen LogP contribution in [0, 0.1) is 21.8 Å². The standard InChI is InChI=1S/C26H21ClIN3O2/c1-3-32-24-13-18(12-21(27)25(24)33-15-17-5-7-20(28)8-6-17)11-19(14-29)26-30-22-9-4-16(2)10-23(22)31-26/h4-13H,3,15H2,1-2H3,(H,30,31)/b19-11-. The normalized spacial score (nSPS) is 11.4. The van der Waals surface area contributed by atoms with E-state index < -0.39 is 0 Å². The molecule has 0 atom stereocenters. The number of allylic oxidation sites excluding steroid dienone is 1. The molecule has 3 aromatic carbocycles. The van der Waals surface area contributed by atoms with Gasteiger partial charge in [-0.25, -0.2) is 4.98 Å². The molecule has 0 saturated heterocycles. The Morgan fingerprint density at radius 3 is 2.67 bits per heavy atom. The molecule has 5 nitrogen and oxygen atoms in total. The first-order valence-corrected chi connectivity index (χ1v) is 11.8. The van der Waals surface area contributed by atoms with Crippen LogP contribution in [0.3, 0.4) is 0 Å². The zero-order chi connectivity index (χ0) is 23.4. The van der Waals surface area contributed by atoms with E-state index in [1.807, 2.05) is 62.4 Å². The van der Waals surface area contributed by atoms with E-state index in [9.17, 15) is 5.26 Å². The van der Waals surface area contributed by atoms with Gasteiger partial charge in [-0.15, -0.1) is 0 Å². The summed E-state index contributed by atoms with van der Waals surface area (Å²) in [6.07, 6.45) is 1.74. The zero-order valence-corrected chi connectivity index (χ0v) is 21.1. The largest absolute Gasteiger partial charge is 0.490 e. The lowest BCUT2D eigenvalue weighted by Crippen LogP contribution is -2.01. The second kappa shape index (κ2) is 10.3. The Hall–Kier alpha value is -3.02. The molecular formula is C26H21ClIN3O2. The lowest BCUT2D eigenvalue weighted by atomic mass is 10.1. The van der Waals surface area contributed by atoms with Gasteiger partial charge in [-0.3, -0.25) is 0 Å². The van der Waals surface area contributed by atoms with Crippen LogP contribution in [0.1, 0.15) is 29.4 Å². The van der Waals surface area contributed by atoms with E-state index in [4.69, 9.17) is 21.1 Å². The van der Waals surface area contributed by atoms with Crippen LogP contribution in [0.15, 0.2) is 54.6 Å². The van der Waals surface area contributed by atoms with Gasteiger partial charge in [0.05, 0.1) is 28.2 Å². The topological polar surface area (TPSA) is 70.9 Å². The lowest BCUT2D eigenvalue weighted by Gasteiger charge is -2.15. The van der Waals surface area contributed by atoms with Crippen molar-refractivity contribution in [3.8, 4) is 17.6 Å². The summed E-state index contributed by atoms with van der Waals surface area (Å²) >= 11 is 8.84. The maximum Gasteiger partial charge on any atom is 0.180 e. The van der Waals surface area contributed by atoms with E-state index in [0.717, 1.165) is 31.3 Å². The van der Waals surface area contributed by atoms with Crippen LogP contribution in [0.5, 0.6) is 11.5 Å². The summed E-state index contributed by atoms with van der Waals surface area (Å²) in [6.45, 7) is 4.74. The quantitative estimate of drug-likeness (QED) is 0.189. The highest BCUT2D eigenvalue weighted by atomic mass is 127. The molecule has 0 fully saturated rings. The monoisotopic (exact) mass is 569 g/mol. The van der Waals surface area contributed by atoms with Crippen LogP contribution in [0.25, 0.3) is 22.7 Å². The van der Waals surface area contributed by atoms with Crippen molar-refractivity contribution in [1.82, 2.24) is 9.97 Å². The highest BCUT2D eigenvalue weighted by Crippen LogP contribution is 2.38. The number of aryl methyl sites for hydroxylation is 1.